The van der Waals surface area contributed by atoms with Crippen LogP contribution in [0.15, 0.2) is 41.2 Å². The predicted octanol–water partition coefficient (Wildman–Crippen LogP) is 1.60. The van der Waals surface area contributed by atoms with Crippen molar-refractivity contribution in [3.8, 4) is 0 Å². The summed E-state index contributed by atoms with van der Waals surface area (Å²) < 4.78 is 27.2. The van der Waals surface area contributed by atoms with E-state index in [0.29, 0.717) is 10.9 Å². The van der Waals surface area contributed by atoms with Crippen LogP contribution < -0.4 is 10.9 Å². The fourth-order valence-electron chi connectivity index (χ4n) is 2.40. The highest BCUT2D eigenvalue weighted by Gasteiger charge is 2.19. The molecule has 0 aliphatic rings. The highest BCUT2D eigenvalue weighted by atomic mass is 19.1. The number of rotatable bonds is 4. The van der Waals surface area contributed by atoms with Gasteiger partial charge in [-0.2, -0.15) is 0 Å². The van der Waals surface area contributed by atoms with Crippen molar-refractivity contribution in [2.45, 2.75) is 6.10 Å². The van der Waals surface area contributed by atoms with E-state index in [2.05, 4.69) is 15.5 Å². The molecule has 2 aromatic carbocycles. The molecule has 1 amide bonds. The molecule has 0 saturated heterocycles. The van der Waals surface area contributed by atoms with Gasteiger partial charge in [-0.05, 0) is 30.3 Å². The zero-order chi connectivity index (χ0) is 17.3. The SMILES string of the molecule is O=C(NCC(O)c1c(F)cccc1F)c1ccc2c(=O)[nH][nH]c2c1. The Morgan fingerprint density at radius 3 is 2.58 bits per heavy atom. The lowest BCUT2D eigenvalue weighted by atomic mass is 10.1. The second-order valence-corrected chi connectivity index (χ2v) is 5.20. The van der Waals surface area contributed by atoms with E-state index in [-0.39, 0.29) is 17.7 Å². The number of halogens is 2. The third-order valence-corrected chi connectivity index (χ3v) is 3.63. The molecule has 0 saturated carbocycles. The van der Waals surface area contributed by atoms with Gasteiger partial charge in [0.25, 0.3) is 11.5 Å². The lowest BCUT2D eigenvalue weighted by molar-refractivity contribution is 0.0911. The summed E-state index contributed by atoms with van der Waals surface area (Å²) in [5.41, 5.74) is -0.113. The smallest absolute Gasteiger partial charge is 0.271 e. The molecule has 0 aliphatic heterocycles. The molecule has 0 radical (unpaired) electrons. The number of benzene rings is 2. The van der Waals surface area contributed by atoms with Gasteiger partial charge in [0.15, 0.2) is 0 Å². The van der Waals surface area contributed by atoms with E-state index >= 15 is 0 Å². The van der Waals surface area contributed by atoms with Crippen molar-refractivity contribution in [3.63, 3.8) is 0 Å². The van der Waals surface area contributed by atoms with Crippen LogP contribution in [0.4, 0.5) is 8.78 Å². The lowest BCUT2D eigenvalue weighted by Gasteiger charge is -2.14. The minimum atomic E-state index is -1.52. The van der Waals surface area contributed by atoms with Crippen LogP contribution in [0.3, 0.4) is 0 Å². The van der Waals surface area contributed by atoms with Gasteiger partial charge in [-0.3, -0.25) is 19.8 Å². The summed E-state index contributed by atoms with van der Waals surface area (Å²) in [6.45, 7) is -0.363. The molecule has 0 bridgehead atoms. The van der Waals surface area contributed by atoms with Crippen molar-refractivity contribution < 1.29 is 18.7 Å². The number of nitrogens with one attached hydrogen (secondary N) is 3. The van der Waals surface area contributed by atoms with Crippen LogP contribution in [0.5, 0.6) is 0 Å². The lowest BCUT2D eigenvalue weighted by Crippen LogP contribution is -2.29. The third-order valence-electron chi connectivity index (χ3n) is 3.63. The van der Waals surface area contributed by atoms with Gasteiger partial charge in [0.1, 0.15) is 17.7 Å². The fourth-order valence-corrected chi connectivity index (χ4v) is 2.40. The van der Waals surface area contributed by atoms with E-state index in [1.807, 2.05) is 0 Å². The van der Waals surface area contributed by atoms with Crippen LogP contribution in [0, 0.1) is 11.6 Å². The van der Waals surface area contributed by atoms with E-state index in [4.69, 9.17) is 0 Å². The first-order chi connectivity index (χ1) is 11.5. The van der Waals surface area contributed by atoms with Gasteiger partial charge in [-0.25, -0.2) is 8.78 Å². The molecule has 1 unspecified atom stereocenters. The van der Waals surface area contributed by atoms with Crippen molar-refractivity contribution in [1.29, 1.82) is 0 Å². The van der Waals surface area contributed by atoms with Crippen molar-refractivity contribution in [2.75, 3.05) is 6.54 Å². The van der Waals surface area contributed by atoms with Crippen LogP contribution in [-0.4, -0.2) is 27.8 Å². The summed E-state index contributed by atoms with van der Waals surface area (Å²) >= 11 is 0. The van der Waals surface area contributed by atoms with Crippen molar-refractivity contribution in [1.82, 2.24) is 15.5 Å². The van der Waals surface area contributed by atoms with Crippen LogP contribution in [-0.2, 0) is 0 Å². The molecular weight excluding hydrogens is 320 g/mol. The Morgan fingerprint density at radius 1 is 1.17 bits per heavy atom. The van der Waals surface area contributed by atoms with E-state index < -0.39 is 29.2 Å². The van der Waals surface area contributed by atoms with Crippen LogP contribution >= 0.6 is 0 Å². The predicted molar refractivity (Wildman–Crippen MR) is 82.6 cm³/mol. The molecule has 3 aromatic rings. The van der Waals surface area contributed by atoms with Crippen LogP contribution in [0.2, 0.25) is 0 Å². The first kappa shape index (κ1) is 15.9. The molecule has 6 nitrogen and oxygen atoms in total. The Kier molecular flexibility index (Phi) is 4.13. The molecule has 0 spiro atoms. The summed E-state index contributed by atoms with van der Waals surface area (Å²) in [5, 5.41) is 17.7. The summed E-state index contributed by atoms with van der Waals surface area (Å²) in [5.74, 6) is -2.32. The Morgan fingerprint density at radius 2 is 1.88 bits per heavy atom. The highest BCUT2D eigenvalue weighted by molar-refractivity contribution is 5.97. The average molecular weight is 333 g/mol. The zero-order valence-electron chi connectivity index (χ0n) is 12.3. The third kappa shape index (κ3) is 2.91. The van der Waals surface area contributed by atoms with Crippen LogP contribution in [0.1, 0.15) is 22.0 Å². The summed E-state index contributed by atoms with van der Waals surface area (Å²) in [4.78, 5) is 23.5. The highest BCUT2D eigenvalue weighted by Crippen LogP contribution is 2.20. The quantitative estimate of drug-likeness (QED) is 0.584. The second-order valence-electron chi connectivity index (χ2n) is 5.20. The number of aliphatic hydroxyl groups excluding tert-OH is 1. The number of H-pyrrole nitrogens is 2. The number of amides is 1. The Hall–Kier alpha value is -3.00. The number of aliphatic hydroxyl groups is 1. The summed E-state index contributed by atoms with van der Waals surface area (Å²) in [6.07, 6.45) is -1.52. The summed E-state index contributed by atoms with van der Waals surface area (Å²) in [6, 6.07) is 7.62. The minimum absolute atomic E-state index is 0.235. The fraction of sp³-hybridized carbons (Fsp3) is 0.125. The first-order valence-electron chi connectivity index (χ1n) is 7.08. The molecule has 0 aliphatic carbocycles. The molecule has 24 heavy (non-hydrogen) atoms. The number of fused-ring (bicyclic) bond motifs is 1. The first-order valence-corrected chi connectivity index (χ1v) is 7.08. The van der Waals surface area contributed by atoms with Gasteiger partial charge < -0.3 is 10.4 Å². The maximum absolute atomic E-state index is 13.6. The largest absolute Gasteiger partial charge is 0.386 e. The van der Waals surface area contributed by atoms with Gasteiger partial charge in [0.2, 0.25) is 0 Å². The number of aromatic nitrogens is 2. The zero-order valence-corrected chi connectivity index (χ0v) is 12.3. The van der Waals surface area contributed by atoms with Gasteiger partial charge in [-0.1, -0.05) is 6.07 Å². The average Bonchev–Trinajstić information content (AvgIpc) is 2.93. The van der Waals surface area contributed by atoms with Gasteiger partial charge in [0, 0.05) is 12.1 Å². The molecular formula is C16H13F2N3O3. The van der Waals surface area contributed by atoms with Crippen molar-refractivity contribution >= 4 is 16.8 Å². The number of aromatic amines is 2. The van der Waals surface area contributed by atoms with Gasteiger partial charge in [-0.15, -0.1) is 0 Å². The monoisotopic (exact) mass is 333 g/mol. The van der Waals surface area contributed by atoms with Crippen LogP contribution in [0.25, 0.3) is 10.9 Å². The standard InChI is InChI=1S/C16H13F2N3O3/c17-10-2-1-3-11(18)14(10)13(22)7-19-15(23)8-4-5-9-12(6-8)20-21-16(9)24/h1-6,13,22H,7H2,(H,19,23)(H2,20,21,24). The normalized spacial score (nSPS) is 12.3. The molecule has 4 N–H and O–H groups in total. The van der Waals surface area contributed by atoms with Crippen molar-refractivity contribution in [2.24, 2.45) is 0 Å². The Bertz CT molecular complexity index is 944. The number of carbonyl (C=O) groups excluding carboxylic acids is 1. The Labute approximate surface area is 134 Å². The Balaban J connectivity index is 1.73. The molecule has 124 valence electrons. The van der Waals surface area contributed by atoms with Crippen molar-refractivity contribution in [3.05, 3.63) is 69.5 Å². The van der Waals surface area contributed by atoms with E-state index in [1.165, 1.54) is 24.3 Å². The topological polar surface area (TPSA) is 98.0 Å². The van der Waals surface area contributed by atoms with E-state index in [1.54, 1.807) is 0 Å². The molecule has 1 atom stereocenters. The van der Waals surface area contributed by atoms with Gasteiger partial charge in [0.05, 0.1) is 16.5 Å². The van der Waals surface area contributed by atoms with E-state index in [9.17, 15) is 23.5 Å². The number of carbonyl (C=O) groups is 1. The number of hydrogen-bond donors (Lipinski definition) is 4. The molecule has 1 heterocycles. The maximum atomic E-state index is 13.6. The number of hydrogen-bond acceptors (Lipinski definition) is 3. The van der Waals surface area contributed by atoms with Gasteiger partial charge >= 0.3 is 0 Å². The van der Waals surface area contributed by atoms with E-state index in [0.717, 1.165) is 12.1 Å². The minimum Gasteiger partial charge on any atom is -0.386 e. The molecule has 8 heteroatoms. The maximum Gasteiger partial charge on any atom is 0.271 e. The molecule has 1 aromatic heterocycles. The molecule has 0 fully saturated rings. The second kappa shape index (κ2) is 6.25. The molecule has 3 rings (SSSR count). The summed E-state index contributed by atoms with van der Waals surface area (Å²) in [7, 11) is 0.